The van der Waals surface area contributed by atoms with Crippen molar-refractivity contribution in [1.82, 2.24) is 14.8 Å². The summed E-state index contributed by atoms with van der Waals surface area (Å²) in [6, 6.07) is -0.345. The lowest BCUT2D eigenvalue weighted by Gasteiger charge is -2.11. The van der Waals surface area contributed by atoms with Crippen LogP contribution < -0.4 is 10.2 Å². The zero-order valence-electron chi connectivity index (χ0n) is 8.51. The third-order valence-electron chi connectivity index (χ3n) is 2.36. The van der Waals surface area contributed by atoms with Crippen LogP contribution in [0.15, 0.2) is 16.4 Å². The largest absolute Gasteiger partial charge is 0.329 e. The molecule has 0 atom stereocenters. The van der Waals surface area contributed by atoms with Crippen LogP contribution in [0.2, 0.25) is 0 Å². The van der Waals surface area contributed by atoms with Crippen molar-refractivity contribution in [3.05, 3.63) is 21.2 Å². The average Bonchev–Trinajstić information content (AvgIpc) is 2.79. The fraction of sp³-hybridized carbons (Fsp3) is 0.444. The minimum atomic E-state index is -0.345. The third kappa shape index (κ3) is 2.13. The third-order valence-corrected chi connectivity index (χ3v) is 3.06. The Balaban J connectivity index is 1.84. The number of thiazole rings is 1. The predicted octanol–water partition coefficient (Wildman–Crippen LogP) is -0.148. The maximum atomic E-state index is 11.2. The van der Waals surface area contributed by atoms with Gasteiger partial charge >= 0.3 is 10.9 Å². The van der Waals surface area contributed by atoms with Crippen LogP contribution in [-0.4, -0.2) is 34.5 Å². The Labute approximate surface area is 95.5 Å². The molecule has 0 bridgehead atoms. The van der Waals surface area contributed by atoms with Crippen LogP contribution >= 0.6 is 11.3 Å². The smallest absolute Gasteiger partial charge is 0.324 e. The molecule has 0 aromatic carbocycles. The second-order valence-electron chi connectivity index (χ2n) is 3.42. The van der Waals surface area contributed by atoms with Crippen LogP contribution in [0.1, 0.15) is 6.42 Å². The van der Waals surface area contributed by atoms with Gasteiger partial charge in [0, 0.05) is 24.7 Å². The summed E-state index contributed by atoms with van der Waals surface area (Å²) in [6.45, 7) is 0.962. The van der Waals surface area contributed by atoms with E-state index in [1.165, 1.54) is 4.90 Å². The molecule has 0 aliphatic carbocycles. The lowest BCUT2D eigenvalue weighted by atomic mass is 10.4. The van der Waals surface area contributed by atoms with Gasteiger partial charge < -0.3 is 9.88 Å². The fourth-order valence-electron chi connectivity index (χ4n) is 1.54. The molecule has 86 valence electrons. The number of aromatic nitrogens is 1. The molecule has 1 aromatic heterocycles. The monoisotopic (exact) mass is 241 g/mol. The summed E-state index contributed by atoms with van der Waals surface area (Å²) in [5, 5.41) is 4.16. The van der Waals surface area contributed by atoms with Gasteiger partial charge in [0.1, 0.15) is 0 Å². The fourth-order valence-corrected chi connectivity index (χ4v) is 2.15. The Bertz CT molecular complexity index is 449. The summed E-state index contributed by atoms with van der Waals surface area (Å²) >= 11 is 1.14. The number of nitrogens with one attached hydrogen (secondary N) is 1. The van der Waals surface area contributed by atoms with E-state index < -0.39 is 0 Å². The summed E-state index contributed by atoms with van der Waals surface area (Å²) in [5.74, 6) is -0.206. The van der Waals surface area contributed by atoms with Gasteiger partial charge in [-0.3, -0.25) is 14.5 Å². The van der Waals surface area contributed by atoms with Gasteiger partial charge in [-0.05, 0) is 6.42 Å². The van der Waals surface area contributed by atoms with E-state index in [4.69, 9.17) is 0 Å². The lowest BCUT2D eigenvalue weighted by Crippen LogP contribution is -2.32. The van der Waals surface area contributed by atoms with Crippen LogP contribution in [0.3, 0.4) is 0 Å². The zero-order valence-corrected chi connectivity index (χ0v) is 9.33. The summed E-state index contributed by atoms with van der Waals surface area (Å²) in [4.78, 5) is 34.7. The molecule has 1 fully saturated rings. The number of carbonyl (C=O) groups excluding carboxylic acids is 2. The highest BCUT2D eigenvalue weighted by molar-refractivity contribution is 7.07. The summed E-state index contributed by atoms with van der Waals surface area (Å²) in [5.41, 5.74) is 0. The number of rotatable bonds is 4. The number of imide groups is 1. The van der Waals surface area contributed by atoms with Gasteiger partial charge in [-0.2, -0.15) is 0 Å². The molecular formula is C9H11N3O3S. The highest BCUT2D eigenvalue weighted by Crippen LogP contribution is 2.01. The van der Waals surface area contributed by atoms with Crippen molar-refractivity contribution in [2.24, 2.45) is 0 Å². The molecule has 16 heavy (non-hydrogen) atoms. The molecular weight excluding hydrogens is 230 g/mol. The second-order valence-corrected chi connectivity index (χ2v) is 4.28. The Kier molecular flexibility index (Phi) is 3.04. The van der Waals surface area contributed by atoms with Crippen molar-refractivity contribution >= 4 is 23.3 Å². The van der Waals surface area contributed by atoms with Gasteiger partial charge in [0.2, 0.25) is 5.91 Å². The number of hydrogen-bond donors (Lipinski definition) is 1. The molecule has 1 aromatic rings. The van der Waals surface area contributed by atoms with Crippen molar-refractivity contribution in [3.63, 3.8) is 0 Å². The van der Waals surface area contributed by atoms with E-state index in [0.717, 1.165) is 11.3 Å². The van der Waals surface area contributed by atoms with E-state index >= 15 is 0 Å². The molecule has 2 rings (SSSR count). The SMILES string of the molecule is O=C1CNC(=O)N1CCCn1ccsc1=O. The van der Waals surface area contributed by atoms with Crippen LogP contribution in [-0.2, 0) is 11.3 Å². The molecule has 0 spiro atoms. The molecule has 0 unspecified atom stereocenters. The van der Waals surface area contributed by atoms with E-state index in [2.05, 4.69) is 5.32 Å². The first-order chi connectivity index (χ1) is 7.68. The first-order valence-corrected chi connectivity index (χ1v) is 5.78. The molecule has 2 heterocycles. The van der Waals surface area contributed by atoms with Crippen LogP contribution in [0.25, 0.3) is 0 Å². The Morgan fingerprint density at radius 1 is 1.31 bits per heavy atom. The molecule has 1 aliphatic heterocycles. The average molecular weight is 241 g/mol. The van der Waals surface area contributed by atoms with E-state index in [0.29, 0.717) is 19.5 Å². The molecule has 1 saturated heterocycles. The number of urea groups is 1. The van der Waals surface area contributed by atoms with Gasteiger partial charge in [0.25, 0.3) is 0 Å². The summed E-state index contributed by atoms with van der Waals surface area (Å²) in [7, 11) is 0. The molecule has 1 aliphatic rings. The Morgan fingerprint density at radius 3 is 2.69 bits per heavy atom. The van der Waals surface area contributed by atoms with Gasteiger partial charge in [-0.1, -0.05) is 11.3 Å². The number of hydrogen-bond acceptors (Lipinski definition) is 4. The maximum Gasteiger partial charge on any atom is 0.324 e. The molecule has 1 N–H and O–H groups in total. The number of aryl methyl sites for hydroxylation is 1. The summed E-state index contributed by atoms with van der Waals surface area (Å²) in [6.07, 6.45) is 2.30. The van der Waals surface area contributed by atoms with E-state index in [1.807, 2.05) is 0 Å². The predicted molar refractivity (Wildman–Crippen MR) is 58.3 cm³/mol. The van der Waals surface area contributed by atoms with E-state index in [-0.39, 0.29) is 23.4 Å². The quantitative estimate of drug-likeness (QED) is 0.745. The van der Waals surface area contributed by atoms with Crippen LogP contribution in [0.4, 0.5) is 4.79 Å². The summed E-state index contributed by atoms with van der Waals surface area (Å²) < 4.78 is 1.57. The Hall–Kier alpha value is -1.63. The number of carbonyl (C=O) groups is 2. The van der Waals surface area contributed by atoms with Gasteiger partial charge in [0.05, 0.1) is 6.54 Å². The van der Waals surface area contributed by atoms with Gasteiger partial charge in [-0.15, -0.1) is 0 Å². The Morgan fingerprint density at radius 2 is 2.12 bits per heavy atom. The highest BCUT2D eigenvalue weighted by atomic mass is 32.1. The second kappa shape index (κ2) is 4.48. The van der Waals surface area contributed by atoms with Crippen molar-refractivity contribution < 1.29 is 9.59 Å². The maximum absolute atomic E-state index is 11.2. The molecule has 0 saturated carbocycles. The van der Waals surface area contributed by atoms with Crippen molar-refractivity contribution in [2.75, 3.05) is 13.1 Å². The minimum absolute atomic E-state index is 0.0165. The first-order valence-electron chi connectivity index (χ1n) is 4.90. The first kappa shape index (κ1) is 10.9. The van der Waals surface area contributed by atoms with Crippen molar-refractivity contribution in [1.29, 1.82) is 0 Å². The van der Waals surface area contributed by atoms with E-state index in [9.17, 15) is 14.4 Å². The molecule has 7 heteroatoms. The van der Waals surface area contributed by atoms with Crippen molar-refractivity contribution in [2.45, 2.75) is 13.0 Å². The lowest BCUT2D eigenvalue weighted by molar-refractivity contribution is -0.125. The van der Waals surface area contributed by atoms with Gasteiger partial charge in [-0.25, -0.2) is 4.79 Å². The van der Waals surface area contributed by atoms with Gasteiger partial charge in [0.15, 0.2) is 0 Å². The topological polar surface area (TPSA) is 71.4 Å². The molecule has 0 radical (unpaired) electrons. The normalized spacial score (nSPS) is 15.6. The molecule has 3 amide bonds. The van der Waals surface area contributed by atoms with Crippen molar-refractivity contribution in [3.8, 4) is 0 Å². The zero-order chi connectivity index (χ0) is 11.5. The molecule has 6 nitrogen and oxygen atoms in total. The number of nitrogens with zero attached hydrogens (tertiary/aromatic N) is 2. The number of amides is 3. The van der Waals surface area contributed by atoms with Crippen LogP contribution in [0.5, 0.6) is 0 Å². The van der Waals surface area contributed by atoms with E-state index in [1.54, 1.807) is 16.1 Å². The van der Waals surface area contributed by atoms with Crippen LogP contribution in [0, 0.1) is 0 Å². The highest BCUT2D eigenvalue weighted by Gasteiger charge is 2.27. The standard InChI is InChI=1S/C9H11N3O3S/c13-7-6-10-8(14)12(7)3-1-2-11-4-5-16-9(11)15/h4-5H,1-3,6H2,(H,10,14). The minimum Gasteiger partial charge on any atom is -0.329 e.